The molecule has 34 heavy (non-hydrogen) atoms. The third-order valence-corrected chi connectivity index (χ3v) is 6.53. The topological polar surface area (TPSA) is 58.2 Å². The van der Waals surface area contributed by atoms with Gasteiger partial charge in [-0.2, -0.15) is 0 Å². The second-order valence-electron chi connectivity index (χ2n) is 7.64. The molecule has 0 saturated carbocycles. The number of thioether (sulfide) groups is 1. The zero-order valence-electron chi connectivity index (χ0n) is 18.3. The fourth-order valence-corrected chi connectivity index (χ4v) is 4.62. The van der Waals surface area contributed by atoms with Crippen LogP contribution in [0, 0.1) is 0 Å². The lowest BCUT2D eigenvalue weighted by molar-refractivity contribution is -0.116. The summed E-state index contributed by atoms with van der Waals surface area (Å²) >= 11 is 7.36. The van der Waals surface area contributed by atoms with Crippen molar-refractivity contribution in [2.75, 3.05) is 10.6 Å². The van der Waals surface area contributed by atoms with Crippen molar-refractivity contribution in [3.63, 3.8) is 0 Å². The van der Waals surface area contributed by atoms with Crippen LogP contribution in [0.2, 0.25) is 5.02 Å². The lowest BCUT2D eigenvalue weighted by Gasteiger charge is -2.18. The Hall–Kier alpha value is -3.54. The summed E-state index contributed by atoms with van der Waals surface area (Å²) in [5, 5.41) is 6.12. The number of nitrogens with one attached hydrogen (secondary N) is 2. The highest BCUT2D eigenvalue weighted by Gasteiger charge is 2.22. The Kier molecular flexibility index (Phi) is 8.02. The molecule has 4 aromatic rings. The number of rotatable bonds is 8. The van der Waals surface area contributed by atoms with Crippen molar-refractivity contribution in [1.29, 1.82) is 0 Å². The van der Waals surface area contributed by atoms with Gasteiger partial charge in [0.2, 0.25) is 11.8 Å². The quantitative estimate of drug-likeness (QED) is 0.264. The van der Waals surface area contributed by atoms with E-state index >= 15 is 0 Å². The SMILES string of the molecule is O=C(Cc1ccc(Cl)cc1)Nc1cccc(SC(C(=O)Nc2ccccc2)c2ccccc2)c1. The van der Waals surface area contributed by atoms with Gasteiger partial charge in [0, 0.05) is 21.3 Å². The molecule has 0 saturated heterocycles. The molecule has 170 valence electrons. The van der Waals surface area contributed by atoms with Crippen molar-refractivity contribution in [3.8, 4) is 0 Å². The minimum atomic E-state index is -0.457. The highest BCUT2D eigenvalue weighted by Crippen LogP contribution is 2.37. The first-order valence-electron chi connectivity index (χ1n) is 10.8. The molecule has 0 aliphatic carbocycles. The summed E-state index contributed by atoms with van der Waals surface area (Å²) in [6, 6.07) is 33.8. The van der Waals surface area contributed by atoms with Crippen LogP contribution < -0.4 is 10.6 Å². The smallest absolute Gasteiger partial charge is 0.242 e. The van der Waals surface area contributed by atoms with Gasteiger partial charge >= 0.3 is 0 Å². The van der Waals surface area contributed by atoms with Crippen molar-refractivity contribution in [2.45, 2.75) is 16.6 Å². The number of hydrogen-bond acceptors (Lipinski definition) is 3. The molecule has 4 rings (SSSR count). The van der Waals surface area contributed by atoms with E-state index in [0.29, 0.717) is 10.7 Å². The van der Waals surface area contributed by atoms with E-state index in [1.807, 2.05) is 97.1 Å². The molecule has 4 aromatic carbocycles. The van der Waals surface area contributed by atoms with E-state index in [-0.39, 0.29) is 18.2 Å². The number of para-hydroxylation sites is 1. The summed E-state index contributed by atoms with van der Waals surface area (Å²) in [6.45, 7) is 0. The maximum Gasteiger partial charge on any atom is 0.242 e. The number of halogens is 1. The van der Waals surface area contributed by atoms with Gasteiger partial charge in [0.15, 0.2) is 0 Å². The van der Waals surface area contributed by atoms with Gasteiger partial charge in [-0.3, -0.25) is 9.59 Å². The fraction of sp³-hybridized carbons (Fsp3) is 0.0714. The third-order valence-electron chi connectivity index (χ3n) is 5.03. The first-order chi connectivity index (χ1) is 16.6. The monoisotopic (exact) mass is 486 g/mol. The number of carbonyl (C=O) groups excluding carboxylic acids is 2. The molecule has 4 nitrogen and oxygen atoms in total. The van der Waals surface area contributed by atoms with Gasteiger partial charge in [-0.1, -0.05) is 78.3 Å². The minimum absolute atomic E-state index is 0.112. The molecule has 0 bridgehead atoms. The summed E-state index contributed by atoms with van der Waals surface area (Å²) in [6.07, 6.45) is 0.251. The molecule has 1 atom stereocenters. The molecule has 0 aliphatic heterocycles. The summed E-state index contributed by atoms with van der Waals surface area (Å²) in [5.74, 6) is -0.231. The Morgan fingerprint density at radius 3 is 2.09 bits per heavy atom. The van der Waals surface area contributed by atoms with Crippen LogP contribution in [-0.2, 0) is 16.0 Å². The van der Waals surface area contributed by atoms with Gasteiger partial charge in [0.05, 0.1) is 6.42 Å². The first-order valence-corrected chi connectivity index (χ1v) is 12.0. The van der Waals surface area contributed by atoms with E-state index in [1.54, 1.807) is 12.1 Å². The number of carbonyl (C=O) groups is 2. The number of hydrogen-bond donors (Lipinski definition) is 2. The average Bonchev–Trinajstić information content (AvgIpc) is 2.85. The lowest BCUT2D eigenvalue weighted by Crippen LogP contribution is -2.19. The van der Waals surface area contributed by atoms with Crippen molar-refractivity contribution in [3.05, 3.63) is 125 Å². The molecule has 0 aromatic heterocycles. The summed E-state index contributed by atoms with van der Waals surface area (Å²) < 4.78 is 0. The largest absolute Gasteiger partial charge is 0.326 e. The zero-order valence-corrected chi connectivity index (χ0v) is 19.9. The molecular weight excluding hydrogens is 464 g/mol. The molecule has 0 heterocycles. The molecular formula is C28H23ClN2O2S. The van der Waals surface area contributed by atoms with E-state index in [1.165, 1.54) is 11.8 Å². The van der Waals surface area contributed by atoms with Crippen molar-refractivity contribution >= 4 is 46.6 Å². The van der Waals surface area contributed by atoms with Crippen molar-refractivity contribution in [1.82, 2.24) is 0 Å². The third kappa shape index (κ3) is 6.73. The van der Waals surface area contributed by atoms with Gasteiger partial charge < -0.3 is 10.6 Å². The second-order valence-corrected chi connectivity index (χ2v) is 9.26. The van der Waals surface area contributed by atoms with Crippen LogP contribution in [0.4, 0.5) is 11.4 Å². The summed E-state index contributed by atoms with van der Waals surface area (Å²) in [4.78, 5) is 26.6. The first kappa shape index (κ1) is 23.6. The predicted molar refractivity (Wildman–Crippen MR) is 140 cm³/mol. The minimum Gasteiger partial charge on any atom is -0.326 e. The van der Waals surface area contributed by atoms with Crippen LogP contribution in [0.25, 0.3) is 0 Å². The van der Waals surface area contributed by atoms with Gasteiger partial charge in [-0.05, 0) is 53.6 Å². The normalized spacial score (nSPS) is 11.4. The fourth-order valence-electron chi connectivity index (χ4n) is 3.41. The molecule has 0 radical (unpaired) electrons. The number of anilines is 2. The maximum absolute atomic E-state index is 13.2. The van der Waals surface area contributed by atoms with Gasteiger partial charge in [0.25, 0.3) is 0 Å². The molecule has 2 amide bonds. The second kappa shape index (κ2) is 11.5. The molecule has 0 fully saturated rings. The number of amides is 2. The van der Waals surface area contributed by atoms with E-state index < -0.39 is 5.25 Å². The Bertz CT molecular complexity index is 1250. The van der Waals surface area contributed by atoms with E-state index in [0.717, 1.165) is 21.7 Å². The predicted octanol–water partition coefficient (Wildman–Crippen LogP) is 6.99. The highest BCUT2D eigenvalue weighted by atomic mass is 35.5. The van der Waals surface area contributed by atoms with Crippen LogP contribution in [-0.4, -0.2) is 11.8 Å². The number of benzene rings is 4. The van der Waals surface area contributed by atoms with Crippen LogP contribution in [0.5, 0.6) is 0 Å². The van der Waals surface area contributed by atoms with Crippen LogP contribution in [0.15, 0.2) is 114 Å². The van der Waals surface area contributed by atoms with Crippen LogP contribution in [0.1, 0.15) is 16.4 Å². The van der Waals surface area contributed by atoms with E-state index in [9.17, 15) is 9.59 Å². The maximum atomic E-state index is 13.2. The summed E-state index contributed by atoms with van der Waals surface area (Å²) in [7, 11) is 0. The van der Waals surface area contributed by atoms with Crippen LogP contribution >= 0.6 is 23.4 Å². The van der Waals surface area contributed by atoms with E-state index in [4.69, 9.17) is 11.6 Å². The van der Waals surface area contributed by atoms with Gasteiger partial charge in [0.1, 0.15) is 5.25 Å². The standard InChI is InChI=1S/C28H23ClN2O2S/c29-22-16-14-20(15-17-22)18-26(32)30-24-12-7-13-25(19-24)34-27(21-8-3-1-4-9-21)28(33)31-23-10-5-2-6-11-23/h1-17,19,27H,18H2,(H,30,32)(H,31,33). The molecule has 2 N–H and O–H groups in total. The van der Waals surface area contributed by atoms with Crippen molar-refractivity contribution in [2.24, 2.45) is 0 Å². The Morgan fingerprint density at radius 2 is 1.38 bits per heavy atom. The Labute approximate surface area is 208 Å². The Morgan fingerprint density at radius 1 is 0.735 bits per heavy atom. The highest BCUT2D eigenvalue weighted by molar-refractivity contribution is 8.00. The average molecular weight is 487 g/mol. The van der Waals surface area contributed by atoms with Gasteiger partial charge in [-0.15, -0.1) is 11.8 Å². The van der Waals surface area contributed by atoms with Crippen molar-refractivity contribution < 1.29 is 9.59 Å². The van der Waals surface area contributed by atoms with E-state index in [2.05, 4.69) is 10.6 Å². The molecule has 0 aliphatic rings. The van der Waals surface area contributed by atoms with Crippen LogP contribution in [0.3, 0.4) is 0 Å². The molecule has 6 heteroatoms. The van der Waals surface area contributed by atoms with Gasteiger partial charge in [-0.25, -0.2) is 0 Å². The molecule has 0 spiro atoms. The summed E-state index contributed by atoms with van der Waals surface area (Å²) in [5.41, 5.74) is 3.21. The Balaban J connectivity index is 1.48. The zero-order chi connectivity index (χ0) is 23.8. The molecule has 1 unspecified atom stereocenters. The lowest BCUT2D eigenvalue weighted by atomic mass is 10.1.